The lowest BCUT2D eigenvalue weighted by Crippen LogP contribution is -2.64. The fourth-order valence-corrected chi connectivity index (χ4v) is 4.17. The van der Waals surface area contributed by atoms with Crippen molar-refractivity contribution >= 4 is 29.3 Å². The van der Waals surface area contributed by atoms with E-state index in [4.69, 9.17) is 4.42 Å². The quantitative estimate of drug-likeness (QED) is 0.748. The molecule has 0 spiro atoms. The second-order valence-electron chi connectivity index (χ2n) is 7.68. The number of rotatable bonds is 3. The number of fused-ring (bicyclic) bond motifs is 3. The number of para-hydroxylation sites is 1. The molecular weight excluding hydrogens is 388 g/mol. The highest BCUT2D eigenvalue weighted by Crippen LogP contribution is 2.43. The number of aryl methyl sites for hydroxylation is 2. The molecule has 0 aliphatic carbocycles. The molecule has 1 saturated heterocycles. The van der Waals surface area contributed by atoms with Gasteiger partial charge in [0.25, 0.3) is 17.7 Å². The Morgan fingerprint density at radius 1 is 1.17 bits per heavy atom. The van der Waals surface area contributed by atoms with Crippen LogP contribution in [-0.2, 0) is 9.59 Å². The van der Waals surface area contributed by atoms with E-state index < -0.39 is 17.5 Å². The Morgan fingerprint density at radius 2 is 1.90 bits per heavy atom. The molecule has 2 aliphatic heterocycles. The van der Waals surface area contributed by atoms with Gasteiger partial charge in [0.1, 0.15) is 23.7 Å². The Balaban J connectivity index is 1.52. The zero-order chi connectivity index (χ0) is 21.6. The van der Waals surface area contributed by atoms with Crippen LogP contribution in [0.4, 0.5) is 5.69 Å². The summed E-state index contributed by atoms with van der Waals surface area (Å²) in [6, 6.07) is 8.44. The highest BCUT2D eigenvalue weighted by atomic mass is 16.3. The zero-order valence-corrected chi connectivity index (χ0v) is 16.9. The molecule has 3 heterocycles. The second-order valence-corrected chi connectivity index (χ2v) is 7.68. The van der Waals surface area contributed by atoms with Crippen molar-refractivity contribution in [1.29, 1.82) is 0 Å². The molecule has 1 atom stereocenters. The van der Waals surface area contributed by atoms with Crippen LogP contribution < -0.4 is 15.8 Å². The number of carbonyl (C=O) groups excluding carboxylic acids is 4. The van der Waals surface area contributed by atoms with Gasteiger partial charge in [-0.25, -0.2) is 0 Å². The average Bonchev–Trinajstić information content (AvgIpc) is 3.21. The molecule has 2 aliphatic rings. The van der Waals surface area contributed by atoms with Crippen molar-refractivity contribution in [3.05, 3.63) is 53.0 Å². The molecule has 1 fully saturated rings. The van der Waals surface area contributed by atoms with Gasteiger partial charge in [0.05, 0.1) is 16.8 Å². The largest absolute Gasteiger partial charge is 0.466 e. The SMILES string of the molecule is Cc1cc(C(=O)NNC(=O)CN2C(=O)c3ccccc3N3C(=O)CCC23C)c(C)o1. The van der Waals surface area contributed by atoms with Gasteiger partial charge in [-0.15, -0.1) is 0 Å². The fourth-order valence-electron chi connectivity index (χ4n) is 4.17. The molecule has 0 saturated carbocycles. The minimum absolute atomic E-state index is 0.0954. The van der Waals surface area contributed by atoms with Crippen molar-refractivity contribution < 1.29 is 23.6 Å². The monoisotopic (exact) mass is 410 g/mol. The minimum Gasteiger partial charge on any atom is -0.466 e. The van der Waals surface area contributed by atoms with E-state index in [0.717, 1.165) is 0 Å². The first kappa shape index (κ1) is 19.7. The third-order valence-corrected chi connectivity index (χ3v) is 5.65. The Bertz CT molecular complexity index is 1080. The van der Waals surface area contributed by atoms with Crippen LogP contribution in [0.5, 0.6) is 0 Å². The smallest absolute Gasteiger partial charge is 0.273 e. The fraction of sp³-hybridized carbons (Fsp3) is 0.333. The van der Waals surface area contributed by atoms with Gasteiger partial charge in [0.2, 0.25) is 5.91 Å². The maximum atomic E-state index is 13.1. The van der Waals surface area contributed by atoms with Gasteiger partial charge in [0.15, 0.2) is 0 Å². The summed E-state index contributed by atoms with van der Waals surface area (Å²) < 4.78 is 5.32. The molecule has 4 rings (SSSR count). The summed E-state index contributed by atoms with van der Waals surface area (Å²) in [5.74, 6) is -0.495. The summed E-state index contributed by atoms with van der Waals surface area (Å²) in [6.45, 7) is 4.84. The van der Waals surface area contributed by atoms with E-state index in [2.05, 4.69) is 10.9 Å². The van der Waals surface area contributed by atoms with Gasteiger partial charge in [-0.05, 0) is 45.4 Å². The van der Waals surface area contributed by atoms with E-state index in [0.29, 0.717) is 34.8 Å². The number of amides is 4. The number of carbonyl (C=O) groups is 4. The van der Waals surface area contributed by atoms with Crippen molar-refractivity contribution in [1.82, 2.24) is 15.8 Å². The van der Waals surface area contributed by atoms with Crippen LogP contribution in [0.2, 0.25) is 0 Å². The Morgan fingerprint density at radius 3 is 2.60 bits per heavy atom. The Kier molecular flexibility index (Phi) is 4.60. The molecule has 1 aromatic heterocycles. The third-order valence-electron chi connectivity index (χ3n) is 5.65. The van der Waals surface area contributed by atoms with Crippen molar-refractivity contribution in [3.8, 4) is 0 Å². The number of hydrazine groups is 1. The number of benzene rings is 1. The molecule has 0 radical (unpaired) electrons. The summed E-state index contributed by atoms with van der Waals surface area (Å²) in [5, 5.41) is 0. The molecular formula is C21H22N4O5. The average molecular weight is 410 g/mol. The van der Waals surface area contributed by atoms with Crippen LogP contribution in [0.25, 0.3) is 0 Å². The van der Waals surface area contributed by atoms with Crippen LogP contribution in [0.1, 0.15) is 52.0 Å². The lowest BCUT2D eigenvalue weighted by molar-refractivity contribution is -0.124. The summed E-state index contributed by atoms with van der Waals surface area (Å²) in [5.41, 5.74) is 4.98. The van der Waals surface area contributed by atoms with Gasteiger partial charge in [-0.3, -0.25) is 34.9 Å². The van der Waals surface area contributed by atoms with Crippen molar-refractivity contribution in [3.63, 3.8) is 0 Å². The Labute approximate surface area is 173 Å². The predicted molar refractivity (Wildman–Crippen MR) is 106 cm³/mol. The van der Waals surface area contributed by atoms with E-state index in [9.17, 15) is 19.2 Å². The predicted octanol–water partition coefficient (Wildman–Crippen LogP) is 1.66. The maximum absolute atomic E-state index is 13.1. The van der Waals surface area contributed by atoms with Crippen LogP contribution in [0.15, 0.2) is 34.7 Å². The zero-order valence-electron chi connectivity index (χ0n) is 16.9. The topological polar surface area (TPSA) is 112 Å². The first-order valence-corrected chi connectivity index (χ1v) is 9.62. The molecule has 9 nitrogen and oxygen atoms in total. The van der Waals surface area contributed by atoms with E-state index >= 15 is 0 Å². The number of furan rings is 1. The van der Waals surface area contributed by atoms with E-state index in [-0.39, 0.29) is 24.8 Å². The molecule has 0 bridgehead atoms. The number of hydrogen-bond acceptors (Lipinski definition) is 5. The third kappa shape index (κ3) is 3.02. The van der Waals surface area contributed by atoms with Gasteiger partial charge in [-0.1, -0.05) is 12.1 Å². The maximum Gasteiger partial charge on any atom is 0.273 e. The van der Waals surface area contributed by atoms with Crippen molar-refractivity contribution in [2.45, 2.75) is 39.3 Å². The highest BCUT2D eigenvalue weighted by molar-refractivity contribution is 6.11. The van der Waals surface area contributed by atoms with E-state index in [1.54, 1.807) is 56.0 Å². The molecule has 1 aromatic carbocycles. The second kappa shape index (κ2) is 7.01. The number of anilines is 1. The van der Waals surface area contributed by atoms with Gasteiger partial charge in [-0.2, -0.15) is 0 Å². The Hall–Kier alpha value is -3.62. The molecule has 4 amide bonds. The number of nitrogens with one attached hydrogen (secondary N) is 2. The lowest BCUT2D eigenvalue weighted by atomic mass is 9.98. The highest BCUT2D eigenvalue weighted by Gasteiger charge is 2.53. The number of hydrogen-bond donors (Lipinski definition) is 2. The molecule has 1 unspecified atom stereocenters. The normalized spacial score (nSPS) is 20.1. The van der Waals surface area contributed by atoms with E-state index in [1.807, 2.05) is 0 Å². The van der Waals surface area contributed by atoms with Crippen LogP contribution >= 0.6 is 0 Å². The van der Waals surface area contributed by atoms with Gasteiger partial charge < -0.3 is 9.32 Å². The summed E-state index contributed by atoms with van der Waals surface area (Å²) in [7, 11) is 0. The molecule has 2 aromatic rings. The summed E-state index contributed by atoms with van der Waals surface area (Å²) in [6.07, 6.45) is 0.700. The lowest BCUT2D eigenvalue weighted by Gasteiger charge is -2.48. The van der Waals surface area contributed by atoms with Crippen LogP contribution in [-0.4, -0.2) is 40.7 Å². The van der Waals surface area contributed by atoms with Crippen LogP contribution in [0.3, 0.4) is 0 Å². The first-order chi connectivity index (χ1) is 14.2. The van der Waals surface area contributed by atoms with E-state index in [1.165, 1.54) is 4.90 Å². The molecule has 9 heteroatoms. The molecule has 2 N–H and O–H groups in total. The minimum atomic E-state index is -0.942. The van der Waals surface area contributed by atoms with Crippen LogP contribution in [0, 0.1) is 13.8 Å². The molecule has 30 heavy (non-hydrogen) atoms. The molecule has 156 valence electrons. The summed E-state index contributed by atoms with van der Waals surface area (Å²) >= 11 is 0. The van der Waals surface area contributed by atoms with Crippen molar-refractivity contribution in [2.75, 3.05) is 11.4 Å². The standard InChI is InChI=1S/C21H22N4O5/c1-12-10-15(13(2)30-12)19(28)23-22-17(26)11-24-20(29)14-6-4-5-7-16(14)25-18(27)8-9-21(24,25)3/h4-7,10H,8-9,11H2,1-3H3,(H,22,26)(H,23,28). The van der Waals surface area contributed by atoms with Crippen molar-refractivity contribution in [2.24, 2.45) is 0 Å². The number of nitrogens with zero attached hydrogens (tertiary/aromatic N) is 2. The van der Waals surface area contributed by atoms with Gasteiger partial charge >= 0.3 is 0 Å². The van der Waals surface area contributed by atoms with Gasteiger partial charge in [0, 0.05) is 6.42 Å². The summed E-state index contributed by atoms with van der Waals surface area (Å²) in [4.78, 5) is 53.5. The first-order valence-electron chi connectivity index (χ1n) is 9.62.